The maximum absolute atomic E-state index is 13.8. The maximum Gasteiger partial charge on any atom is 0.338 e. The van der Waals surface area contributed by atoms with Crippen molar-refractivity contribution in [2.24, 2.45) is 0 Å². The second kappa shape index (κ2) is 5.54. The molecule has 1 rings (SSSR count). The van der Waals surface area contributed by atoms with Crippen LogP contribution in [-0.4, -0.2) is 38.2 Å². The standard InChI is InChI=1S/C10H9ClFNO5S/c1-13-8(14)4-19(17,18)7-3-5(11)2-6(9(7)12)10(15)16/h2-3H,4H2,1H3,(H,13,14)(H,15,16). The van der Waals surface area contributed by atoms with Crippen LogP contribution in [0.2, 0.25) is 5.02 Å². The fourth-order valence-corrected chi connectivity index (χ4v) is 2.89. The number of carbonyl (C=O) groups excluding carboxylic acids is 1. The first-order valence-electron chi connectivity index (χ1n) is 4.84. The minimum atomic E-state index is -4.32. The third kappa shape index (κ3) is 3.42. The van der Waals surface area contributed by atoms with Gasteiger partial charge in [0.05, 0.1) is 5.56 Å². The van der Waals surface area contributed by atoms with Crippen LogP contribution in [0.3, 0.4) is 0 Å². The molecule has 2 N–H and O–H groups in total. The molecule has 19 heavy (non-hydrogen) atoms. The molecule has 1 aromatic carbocycles. The lowest BCUT2D eigenvalue weighted by Crippen LogP contribution is -2.27. The summed E-state index contributed by atoms with van der Waals surface area (Å²) in [5.41, 5.74) is -0.872. The zero-order valence-corrected chi connectivity index (χ0v) is 11.2. The van der Waals surface area contributed by atoms with Gasteiger partial charge in [0.25, 0.3) is 0 Å². The van der Waals surface area contributed by atoms with Crippen molar-refractivity contribution in [1.82, 2.24) is 5.32 Å². The van der Waals surface area contributed by atoms with Gasteiger partial charge < -0.3 is 10.4 Å². The normalized spacial score (nSPS) is 11.1. The van der Waals surface area contributed by atoms with E-state index in [1.54, 1.807) is 0 Å². The number of halogens is 2. The monoisotopic (exact) mass is 309 g/mol. The Labute approximate surface area is 113 Å². The molecule has 0 unspecified atom stereocenters. The summed E-state index contributed by atoms with van der Waals surface area (Å²) in [7, 11) is -3.10. The lowest BCUT2D eigenvalue weighted by atomic mass is 10.2. The first-order valence-corrected chi connectivity index (χ1v) is 6.87. The van der Waals surface area contributed by atoms with E-state index in [0.29, 0.717) is 0 Å². The van der Waals surface area contributed by atoms with Crippen LogP contribution in [0.1, 0.15) is 10.4 Å². The summed E-state index contributed by atoms with van der Waals surface area (Å²) in [6.45, 7) is 0. The molecule has 1 amide bonds. The van der Waals surface area contributed by atoms with Crippen molar-refractivity contribution >= 4 is 33.3 Å². The number of carboxylic acid groups (broad SMARTS) is 1. The first-order chi connectivity index (χ1) is 8.69. The van der Waals surface area contributed by atoms with E-state index in [-0.39, 0.29) is 5.02 Å². The van der Waals surface area contributed by atoms with Crippen molar-refractivity contribution in [3.63, 3.8) is 0 Å². The molecule has 0 aliphatic carbocycles. The minimum absolute atomic E-state index is 0.255. The van der Waals surface area contributed by atoms with Crippen LogP contribution in [0.5, 0.6) is 0 Å². The Hall–Kier alpha value is -1.67. The average Bonchev–Trinajstić information content (AvgIpc) is 2.30. The average molecular weight is 310 g/mol. The number of benzene rings is 1. The van der Waals surface area contributed by atoms with Crippen LogP contribution in [0, 0.1) is 5.82 Å². The number of carbonyl (C=O) groups is 2. The molecule has 0 bridgehead atoms. The Balaban J connectivity index is 3.43. The molecule has 0 atom stereocenters. The van der Waals surface area contributed by atoms with Crippen molar-refractivity contribution in [3.05, 3.63) is 28.5 Å². The zero-order valence-electron chi connectivity index (χ0n) is 9.61. The number of amides is 1. The Morgan fingerprint density at radius 3 is 2.47 bits per heavy atom. The molecule has 0 spiro atoms. The van der Waals surface area contributed by atoms with Gasteiger partial charge in [0, 0.05) is 12.1 Å². The molecule has 0 aromatic heterocycles. The van der Waals surface area contributed by atoms with Crippen LogP contribution >= 0.6 is 11.6 Å². The van der Waals surface area contributed by atoms with Gasteiger partial charge in [-0.25, -0.2) is 17.6 Å². The molecule has 9 heteroatoms. The van der Waals surface area contributed by atoms with Crippen molar-refractivity contribution in [1.29, 1.82) is 0 Å². The first kappa shape index (κ1) is 15.4. The van der Waals surface area contributed by atoms with Crippen LogP contribution in [0.25, 0.3) is 0 Å². The quantitative estimate of drug-likeness (QED) is 0.852. The molecular formula is C10H9ClFNO5S. The van der Waals surface area contributed by atoms with Crippen molar-refractivity contribution in [2.45, 2.75) is 4.90 Å². The molecule has 0 aliphatic heterocycles. The third-order valence-electron chi connectivity index (χ3n) is 2.17. The Morgan fingerprint density at radius 1 is 1.42 bits per heavy atom. The van der Waals surface area contributed by atoms with E-state index in [1.807, 2.05) is 0 Å². The molecule has 0 aliphatic rings. The van der Waals surface area contributed by atoms with E-state index in [9.17, 15) is 22.4 Å². The van der Waals surface area contributed by atoms with Crippen LogP contribution in [-0.2, 0) is 14.6 Å². The van der Waals surface area contributed by atoms with Crippen LogP contribution in [0.4, 0.5) is 4.39 Å². The Morgan fingerprint density at radius 2 is 2.00 bits per heavy atom. The smallest absolute Gasteiger partial charge is 0.338 e. The summed E-state index contributed by atoms with van der Waals surface area (Å²) >= 11 is 5.55. The summed E-state index contributed by atoms with van der Waals surface area (Å²) in [5, 5.41) is 10.6. The number of hydrogen-bond donors (Lipinski definition) is 2. The predicted molar refractivity (Wildman–Crippen MR) is 64.5 cm³/mol. The fourth-order valence-electron chi connectivity index (χ4n) is 1.27. The maximum atomic E-state index is 13.8. The number of sulfone groups is 1. The number of carboxylic acids is 1. The van der Waals surface area contributed by atoms with E-state index in [4.69, 9.17) is 16.7 Å². The summed E-state index contributed by atoms with van der Waals surface area (Å²) in [6.07, 6.45) is 0. The third-order valence-corrected chi connectivity index (χ3v) is 4.00. The van der Waals surface area contributed by atoms with Gasteiger partial charge in [-0.3, -0.25) is 4.79 Å². The second-order valence-corrected chi connectivity index (χ2v) is 5.90. The van der Waals surface area contributed by atoms with Crippen molar-refractivity contribution in [3.8, 4) is 0 Å². The number of aromatic carboxylic acids is 1. The highest BCUT2D eigenvalue weighted by Gasteiger charge is 2.27. The van der Waals surface area contributed by atoms with Gasteiger partial charge in [0.15, 0.2) is 15.7 Å². The van der Waals surface area contributed by atoms with Crippen molar-refractivity contribution in [2.75, 3.05) is 12.8 Å². The summed E-state index contributed by atoms with van der Waals surface area (Å²) in [6, 6.07) is 1.56. The van der Waals surface area contributed by atoms with Crippen LogP contribution < -0.4 is 5.32 Å². The highest BCUT2D eigenvalue weighted by atomic mass is 35.5. The molecule has 0 saturated carbocycles. The van der Waals surface area contributed by atoms with Gasteiger partial charge in [-0.05, 0) is 12.1 Å². The highest BCUT2D eigenvalue weighted by Crippen LogP contribution is 2.24. The highest BCUT2D eigenvalue weighted by molar-refractivity contribution is 7.92. The molecule has 0 saturated heterocycles. The SMILES string of the molecule is CNC(=O)CS(=O)(=O)c1cc(Cl)cc(C(=O)O)c1F. The molecular weight excluding hydrogens is 301 g/mol. The lowest BCUT2D eigenvalue weighted by molar-refractivity contribution is -0.118. The number of hydrogen-bond acceptors (Lipinski definition) is 4. The molecule has 6 nitrogen and oxygen atoms in total. The number of nitrogens with one attached hydrogen (secondary N) is 1. The van der Waals surface area contributed by atoms with Gasteiger partial charge in [-0.15, -0.1) is 0 Å². The van der Waals surface area contributed by atoms with E-state index in [2.05, 4.69) is 5.32 Å². The second-order valence-electron chi connectivity index (χ2n) is 3.50. The van der Waals surface area contributed by atoms with Crippen molar-refractivity contribution < 1.29 is 27.5 Å². The minimum Gasteiger partial charge on any atom is -0.478 e. The molecule has 104 valence electrons. The Kier molecular flexibility index (Phi) is 4.48. The van der Waals surface area contributed by atoms with E-state index >= 15 is 0 Å². The van der Waals surface area contributed by atoms with Gasteiger partial charge in [-0.1, -0.05) is 11.6 Å². The van der Waals surface area contributed by atoms with E-state index in [1.165, 1.54) is 7.05 Å². The van der Waals surface area contributed by atoms with Crippen LogP contribution in [0.15, 0.2) is 17.0 Å². The number of rotatable bonds is 4. The summed E-state index contributed by atoms with van der Waals surface area (Å²) < 4.78 is 37.4. The molecule has 0 heterocycles. The molecule has 0 fully saturated rings. The lowest BCUT2D eigenvalue weighted by Gasteiger charge is -2.07. The van der Waals surface area contributed by atoms with E-state index < -0.39 is 43.7 Å². The van der Waals surface area contributed by atoms with Gasteiger partial charge in [0.2, 0.25) is 5.91 Å². The zero-order chi connectivity index (χ0) is 14.8. The topological polar surface area (TPSA) is 101 Å². The molecule has 0 radical (unpaired) electrons. The van der Waals surface area contributed by atoms with Gasteiger partial charge >= 0.3 is 5.97 Å². The predicted octanol–water partition coefficient (Wildman–Crippen LogP) is 0.697. The summed E-state index contributed by atoms with van der Waals surface area (Å²) in [4.78, 5) is 20.9. The van der Waals surface area contributed by atoms with Gasteiger partial charge in [0.1, 0.15) is 10.6 Å². The Bertz CT molecular complexity index is 644. The summed E-state index contributed by atoms with van der Waals surface area (Å²) in [5.74, 6) is -4.95. The fraction of sp³-hybridized carbons (Fsp3) is 0.200. The largest absolute Gasteiger partial charge is 0.478 e. The van der Waals surface area contributed by atoms with Gasteiger partial charge in [-0.2, -0.15) is 0 Å². The molecule has 1 aromatic rings. The van der Waals surface area contributed by atoms with E-state index in [0.717, 1.165) is 12.1 Å².